The summed E-state index contributed by atoms with van der Waals surface area (Å²) in [5.74, 6) is 0.330. The summed E-state index contributed by atoms with van der Waals surface area (Å²) in [6.45, 7) is 1.85. The highest BCUT2D eigenvalue weighted by Gasteiger charge is 2.16. The fraction of sp³-hybridized carbons (Fsp3) is 1.00. The van der Waals surface area contributed by atoms with E-state index in [9.17, 15) is 8.42 Å². The lowest BCUT2D eigenvalue weighted by Gasteiger charge is -2.04. The summed E-state index contributed by atoms with van der Waals surface area (Å²) < 4.78 is 29.1. The molecule has 1 saturated heterocycles. The van der Waals surface area contributed by atoms with Gasteiger partial charge in [-0.1, -0.05) is 0 Å². The van der Waals surface area contributed by atoms with Crippen molar-refractivity contribution in [3.63, 3.8) is 0 Å². The minimum absolute atomic E-state index is 0.0979. The molecule has 1 rings (SSSR count). The number of hydrogen-bond donors (Lipinski definition) is 2. The third-order valence-electron chi connectivity index (χ3n) is 1.95. The lowest BCUT2D eigenvalue weighted by molar-refractivity contribution is 0.469. The summed E-state index contributed by atoms with van der Waals surface area (Å²) in [4.78, 5) is 0. The van der Waals surface area contributed by atoms with E-state index >= 15 is 0 Å². The van der Waals surface area contributed by atoms with Gasteiger partial charge in [0.1, 0.15) is 0 Å². The van der Waals surface area contributed by atoms with E-state index in [1.807, 2.05) is 0 Å². The Balaban J connectivity index is 2.22. The zero-order valence-electron chi connectivity index (χ0n) is 6.28. The Morgan fingerprint density at radius 1 is 1.55 bits per heavy atom. The van der Waals surface area contributed by atoms with Gasteiger partial charge in [0.05, 0.1) is 5.75 Å². The molecule has 1 aliphatic heterocycles. The van der Waals surface area contributed by atoms with Crippen LogP contribution in [0.15, 0.2) is 0 Å². The summed E-state index contributed by atoms with van der Waals surface area (Å²) in [5.41, 5.74) is 0. The standard InChI is InChI=1S/C6H13NO3S/c8-11(9,10)4-2-6-1-3-7-5-6/h6-7H,1-5H2,(H,8,9,10). The Kier molecular flexibility index (Phi) is 2.86. The molecule has 1 heterocycles. The smallest absolute Gasteiger partial charge is 0.264 e. The highest BCUT2D eigenvalue weighted by molar-refractivity contribution is 7.85. The molecule has 0 radical (unpaired) electrons. The molecule has 1 unspecified atom stereocenters. The predicted octanol–water partition coefficient (Wildman–Crippen LogP) is -0.126. The van der Waals surface area contributed by atoms with Gasteiger partial charge in [-0.2, -0.15) is 8.42 Å². The van der Waals surface area contributed by atoms with E-state index in [0.29, 0.717) is 12.3 Å². The molecule has 0 saturated carbocycles. The van der Waals surface area contributed by atoms with Crippen molar-refractivity contribution in [1.82, 2.24) is 5.32 Å². The van der Waals surface area contributed by atoms with Crippen LogP contribution in [0.3, 0.4) is 0 Å². The second-order valence-corrected chi connectivity index (χ2v) is 4.51. The number of nitrogens with one attached hydrogen (secondary N) is 1. The van der Waals surface area contributed by atoms with E-state index in [-0.39, 0.29) is 5.75 Å². The van der Waals surface area contributed by atoms with Gasteiger partial charge in [-0.25, -0.2) is 0 Å². The Morgan fingerprint density at radius 2 is 2.27 bits per heavy atom. The fourth-order valence-electron chi connectivity index (χ4n) is 1.28. The molecular formula is C6H13NO3S. The van der Waals surface area contributed by atoms with Crippen molar-refractivity contribution in [3.8, 4) is 0 Å². The van der Waals surface area contributed by atoms with E-state index in [4.69, 9.17) is 4.55 Å². The van der Waals surface area contributed by atoms with Crippen molar-refractivity contribution in [2.75, 3.05) is 18.8 Å². The summed E-state index contributed by atoms with van der Waals surface area (Å²) in [6, 6.07) is 0. The van der Waals surface area contributed by atoms with Gasteiger partial charge in [0.25, 0.3) is 10.1 Å². The predicted molar refractivity (Wildman–Crippen MR) is 42.0 cm³/mol. The van der Waals surface area contributed by atoms with Crippen LogP contribution in [0, 0.1) is 5.92 Å². The van der Waals surface area contributed by atoms with Crippen LogP contribution in [0.5, 0.6) is 0 Å². The normalized spacial score (nSPS) is 25.7. The maximum atomic E-state index is 10.3. The van der Waals surface area contributed by atoms with E-state index in [0.717, 1.165) is 19.5 Å². The molecule has 0 aromatic rings. The van der Waals surface area contributed by atoms with Crippen LogP contribution < -0.4 is 5.32 Å². The first-order chi connectivity index (χ1) is 5.08. The van der Waals surface area contributed by atoms with Crippen molar-refractivity contribution in [1.29, 1.82) is 0 Å². The van der Waals surface area contributed by atoms with Gasteiger partial charge in [0.2, 0.25) is 0 Å². The van der Waals surface area contributed by atoms with E-state index in [1.54, 1.807) is 0 Å². The average Bonchev–Trinajstić information content (AvgIpc) is 2.32. The molecule has 1 aliphatic rings. The second kappa shape index (κ2) is 3.51. The van der Waals surface area contributed by atoms with Crippen LogP contribution in [-0.2, 0) is 10.1 Å². The minimum Gasteiger partial charge on any atom is -0.316 e. The summed E-state index contributed by atoms with van der Waals surface area (Å²) in [7, 11) is -3.74. The first-order valence-electron chi connectivity index (χ1n) is 3.74. The zero-order valence-corrected chi connectivity index (χ0v) is 7.10. The van der Waals surface area contributed by atoms with Crippen molar-refractivity contribution in [3.05, 3.63) is 0 Å². The molecule has 66 valence electrons. The summed E-state index contributed by atoms with van der Waals surface area (Å²) in [5, 5.41) is 3.13. The Morgan fingerprint density at radius 3 is 2.73 bits per heavy atom. The molecule has 5 heteroatoms. The zero-order chi connectivity index (χ0) is 8.32. The quantitative estimate of drug-likeness (QED) is 0.592. The van der Waals surface area contributed by atoms with Crippen LogP contribution in [0.4, 0.5) is 0 Å². The first kappa shape index (κ1) is 8.96. The van der Waals surface area contributed by atoms with Crippen molar-refractivity contribution in [2.24, 2.45) is 5.92 Å². The highest BCUT2D eigenvalue weighted by atomic mass is 32.2. The molecule has 0 amide bonds. The second-order valence-electron chi connectivity index (χ2n) is 2.93. The molecule has 0 bridgehead atoms. The Hall–Kier alpha value is -0.130. The molecule has 0 aliphatic carbocycles. The third kappa shape index (κ3) is 3.69. The molecule has 1 atom stereocenters. The van der Waals surface area contributed by atoms with E-state index < -0.39 is 10.1 Å². The van der Waals surface area contributed by atoms with Gasteiger partial charge in [-0.3, -0.25) is 4.55 Å². The molecule has 0 aromatic carbocycles. The Labute approximate surface area is 66.7 Å². The van der Waals surface area contributed by atoms with Crippen molar-refractivity contribution >= 4 is 10.1 Å². The number of hydrogen-bond acceptors (Lipinski definition) is 3. The summed E-state index contributed by atoms with van der Waals surface area (Å²) in [6.07, 6.45) is 1.60. The maximum absolute atomic E-state index is 10.3. The van der Waals surface area contributed by atoms with Crippen molar-refractivity contribution in [2.45, 2.75) is 12.8 Å². The van der Waals surface area contributed by atoms with E-state index in [2.05, 4.69) is 5.32 Å². The average molecular weight is 179 g/mol. The minimum atomic E-state index is -3.74. The lowest BCUT2D eigenvalue weighted by atomic mass is 10.1. The van der Waals surface area contributed by atoms with Gasteiger partial charge in [-0.15, -0.1) is 0 Å². The van der Waals surface area contributed by atoms with Crippen molar-refractivity contribution < 1.29 is 13.0 Å². The monoisotopic (exact) mass is 179 g/mol. The SMILES string of the molecule is O=S(=O)(O)CCC1CCNC1. The highest BCUT2D eigenvalue weighted by Crippen LogP contribution is 2.12. The first-order valence-corrected chi connectivity index (χ1v) is 5.35. The lowest BCUT2D eigenvalue weighted by Crippen LogP contribution is -2.13. The van der Waals surface area contributed by atoms with Crippen LogP contribution in [-0.4, -0.2) is 31.8 Å². The van der Waals surface area contributed by atoms with Crippen LogP contribution in [0.1, 0.15) is 12.8 Å². The molecule has 11 heavy (non-hydrogen) atoms. The van der Waals surface area contributed by atoms with Gasteiger partial charge < -0.3 is 5.32 Å². The van der Waals surface area contributed by atoms with Crippen LogP contribution in [0.25, 0.3) is 0 Å². The van der Waals surface area contributed by atoms with E-state index in [1.165, 1.54) is 0 Å². The van der Waals surface area contributed by atoms with Gasteiger partial charge in [0.15, 0.2) is 0 Å². The fourth-order valence-corrected chi connectivity index (χ4v) is 1.91. The largest absolute Gasteiger partial charge is 0.316 e. The molecule has 0 spiro atoms. The molecule has 0 aromatic heterocycles. The molecule has 4 nitrogen and oxygen atoms in total. The maximum Gasteiger partial charge on any atom is 0.264 e. The van der Waals surface area contributed by atoms with Gasteiger partial charge in [-0.05, 0) is 31.8 Å². The van der Waals surface area contributed by atoms with Gasteiger partial charge >= 0.3 is 0 Å². The molecular weight excluding hydrogens is 166 g/mol. The van der Waals surface area contributed by atoms with Crippen LogP contribution in [0.2, 0.25) is 0 Å². The summed E-state index contributed by atoms with van der Waals surface area (Å²) >= 11 is 0. The topological polar surface area (TPSA) is 66.4 Å². The number of rotatable bonds is 3. The molecule has 1 fully saturated rings. The molecule has 2 N–H and O–H groups in total. The van der Waals surface area contributed by atoms with Crippen LogP contribution >= 0.6 is 0 Å². The van der Waals surface area contributed by atoms with Gasteiger partial charge in [0, 0.05) is 0 Å². The Bertz CT molecular complexity index is 206. The third-order valence-corrected chi connectivity index (χ3v) is 2.70.